The van der Waals surface area contributed by atoms with Crippen molar-refractivity contribution in [2.24, 2.45) is 11.3 Å². The first-order valence-electron chi connectivity index (χ1n) is 4.69. The molecule has 0 N–H and O–H groups in total. The molecule has 1 aliphatic heterocycles. The van der Waals surface area contributed by atoms with Gasteiger partial charge in [0.25, 0.3) is 6.29 Å². The molecule has 1 fully saturated rings. The van der Waals surface area contributed by atoms with E-state index < -0.39 is 29.6 Å². The van der Waals surface area contributed by atoms with Crippen LogP contribution in [0.15, 0.2) is 0 Å². The lowest BCUT2D eigenvalue weighted by atomic mass is 9.77. The highest BCUT2D eigenvalue weighted by molar-refractivity contribution is 6.03. The van der Waals surface area contributed by atoms with E-state index in [1.165, 1.54) is 20.8 Å². The molecule has 0 bridgehead atoms. The van der Waals surface area contributed by atoms with Crippen molar-refractivity contribution in [3.05, 3.63) is 0 Å². The molecule has 3 atom stereocenters. The minimum absolute atomic E-state index is 0.283. The summed E-state index contributed by atoms with van der Waals surface area (Å²) >= 11 is 0. The standard InChI is InChI=1S/C10H14O5/c1-5-8(14-7(3)12)15-9(13)10(5,4)6(2)11/h5,8H,1-4H3/t5-,8-,10+/m1/s1. The van der Waals surface area contributed by atoms with Gasteiger partial charge in [-0.05, 0) is 13.8 Å². The Balaban J connectivity index is 2.92. The summed E-state index contributed by atoms with van der Waals surface area (Å²) in [7, 11) is 0. The van der Waals surface area contributed by atoms with Gasteiger partial charge >= 0.3 is 11.9 Å². The van der Waals surface area contributed by atoms with Crippen LogP contribution in [-0.4, -0.2) is 24.0 Å². The third kappa shape index (κ3) is 1.73. The van der Waals surface area contributed by atoms with Gasteiger partial charge in [0.05, 0.1) is 5.92 Å². The fourth-order valence-corrected chi connectivity index (χ4v) is 1.54. The van der Waals surface area contributed by atoms with Crippen LogP contribution in [0.1, 0.15) is 27.7 Å². The van der Waals surface area contributed by atoms with Crippen LogP contribution >= 0.6 is 0 Å². The first-order chi connectivity index (χ1) is 6.80. The summed E-state index contributed by atoms with van der Waals surface area (Å²) < 4.78 is 9.66. The van der Waals surface area contributed by atoms with Crippen molar-refractivity contribution < 1.29 is 23.9 Å². The van der Waals surface area contributed by atoms with Crippen molar-refractivity contribution in [2.45, 2.75) is 34.0 Å². The second-order valence-corrected chi connectivity index (χ2v) is 3.93. The van der Waals surface area contributed by atoms with Gasteiger partial charge in [-0.2, -0.15) is 0 Å². The molecule has 0 aromatic heterocycles. The molecule has 5 nitrogen and oxygen atoms in total. The van der Waals surface area contributed by atoms with Crippen LogP contribution in [0.3, 0.4) is 0 Å². The number of carbonyl (C=O) groups is 3. The zero-order valence-electron chi connectivity index (χ0n) is 9.20. The minimum atomic E-state index is -1.21. The van der Waals surface area contributed by atoms with Crippen molar-refractivity contribution in [1.82, 2.24) is 0 Å². The number of hydrogen-bond acceptors (Lipinski definition) is 5. The molecule has 1 rings (SSSR count). The average Bonchev–Trinajstić information content (AvgIpc) is 2.31. The molecule has 0 aliphatic carbocycles. The molecule has 0 amide bonds. The zero-order chi connectivity index (χ0) is 11.8. The first-order valence-corrected chi connectivity index (χ1v) is 4.69. The van der Waals surface area contributed by atoms with Gasteiger partial charge in [0.2, 0.25) is 0 Å². The average molecular weight is 214 g/mol. The van der Waals surface area contributed by atoms with Gasteiger partial charge in [-0.25, -0.2) is 0 Å². The summed E-state index contributed by atoms with van der Waals surface area (Å²) in [6.45, 7) is 5.71. The topological polar surface area (TPSA) is 69.7 Å². The first kappa shape index (κ1) is 11.7. The van der Waals surface area contributed by atoms with Crippen molar-refractivity contribution in [2.75, 3.05) is 0 Å². The molecule has 5 heteroatoms. The van der Waals surface area contributed by atoms with E-state index in [1.54, 1.807) is 6.92 Å². The molecule has 15 heavy (non-hydrogen) atoms. The van der Waals surface area contributed by atoms with E-state index in [9.17, 15) is 14.4 Å². The molecule has 0 aromatic rings. The number of esters is 2. The SMILES string of the molecule is CC(=O)O[C@@H]1OC(=O)[C@](C)(C(C)=O)[C@@H]1C. The Morgan fingerprint density at radius 1 is 1.40 bits per heavy atom. The summed E-state index contributed by atoms with van der Waals surface area (Å²) in [6, 6.07) is 0. The monoisotopic (exact) mass is 214 g/mol. The third-order valence-electron chi connectivity index (χ3n) is 2.98. The van der Waals surface area contributed by atoms with Gasteiger partial charge in [-0.15, -0.1) is 0 Å². The summed E-state index contributed by atoms with van der Waals surface area (Å²) in [5.41, 5.74) is -1.21. The summed E-state index contributed by atoms with van der Waals surface area (Å²) in [4.78, 5) is 33.6. The maximum absolute atomic E-state index is 11.5. The molecule has 1 saturated heterocycles. The van der Waals surface area contributed by atoms with Gasteiger partial charge in [-0.1, -0.05) is 6.92 Å². The Morgan fingerprint density at radius 3 is 2.27 bits per heavy atom. The van der Waals surface area contributed by atoms with Crippen LogP contribution in [0.5, 0.6) is 0 Å². The number of Topliss-reactive ketones (excluding diaryl/α,β-unsaturated/α-hetero) is 1. The Morgan fingerprint density at radius 2 is 1.93 bits per heavy atom. The molecule has 1 heterocycles. The van der Waals surface area contributed by atoms with E-state index in [0.29, 0.717) is 0 Å². The molecular weight excluding hydrogens is 200 g/mol. The van der Waals surface area contributed by atoms with Crippen LogP contribution in [0.4, 0.5) is 0 Å². The molecule has 0 saturated carbocycles. The number of cyclic esters (lactones) is 1. The van der Waals surface area contributed by atoms with Gasteiger partial charge in [-0.3, -0.25) is 14.4 Å². The third-order valence-corrected chi connectivity index (χ3v) is 2.98. The quantitative estimate of drug-likeness (QED) is 0.499. The molecule has 0 spiro atoms. The summed E-state index contributed by atoms with van der Waals surface area (Å²) in [6.07, 6.45) is -0.955. The van der Waals surface area contributed by atoms with E-state index in [0.717, 1.165) is 0 Å². The zero-order valence-corrected chi connectivity index (χ0v) is 9.20. The number of hydrogen-bond donors (Lipinski definition) is 0. The highest BCUT2D eigenvalue weighted by atomic mass is 16.7. The van der Waals surface area contributed by atoms with E-state index in [-0.39, 0.29) is 5.78 Å². The minimum Gasteiger partial charge on any atom is -0.425 e. The van der Waals surface area contributed by atoms with Crippen molar-refractivity contribution in [3.8, 4) is 0 Å². The van der Waals surface area contributed by atoms with E-state index in [2.05, 4.69) is 0 Å². The highest BCUT2D eigenvalue weighted by Gasteiger charge is 2.56. The van der Waals surface area contributed by atoms with Gasteiger partial charge in [0.1, 0.15) is 11.2 Å². The number of ketones is 1. The Kier molecular flexibility index (Phi) is 2.83. The largest absolute Gasteiger partial charge is 0.425 e. The van der Waals surface area contributed by atoms with Crippen LogP contribution in [0.25, 0.3) is 0 Å². The summed E-state index contributed by atoms with van der Waals surface area (Å²) in [5, 5.41) is 0. The number of carbonyl (C=O) groups excluding carboxylic acids is 3. The smallest absolute Gasteiger partial charge is 0.322 e. The van der Waals surface area contributed by atoms with Crippen LogP contribution in [0, 0.1) is 11.3 Å². The molecule has 84 valence electrons. The fraction of sp³-hybridized carbons (Fsp3) is 0.700. The van der Waals surface area contributed by atoms with Gasteiger partial charge in [0, 0.05) is 6.92 Å². The lowest BCUT2D eigenvalue weighted by Gasteiger charge is -2.21. The molecule has 1 aliphatic rings. The Bertz CT molecular complexity index is 322. The normalized spacial score (nSPS) is 34.8. The number of ether oxygens (including phenoxy) is 2. The van der Waals surface area contributed by atoms with Gasteiger partial charge in [0.15, 0.2) is 0 Å². The van der Waals surface area contributed by atoms with Crippen LogP contribution < -0.4 is 0 Å². The molecule has 0 radical (unpaired) electrons. The molecule has 0 unspecified atom stereocenters. The number of rotatable bonds is 2. The van der Waals surface area contributed by atoms with Crippen molar-refractivity contribution in [1.29, 1.82) is 0 Å². The maximum atomic E-state index is 11.5. The lowest BCUT2D eigenvalue weighted by Crippen LogP contribution is -2.37. The van der Waals surface area contributed by atoms with E-state index in [1.807, 2.05) is 0 Å². The summed E-state index contributed by atoms with van der Waals surface area (Å²) in [5.74, 6) is -1.91. The van der Waals surface area contributed by atoms with E-state index >= 15 is 0 Å². The predicted octanol–water partition coefficient (Wildman–Crippen LogP) is 0.664. The maximum Gasteiger partial charge on any atom is 0.322 e. The predicted molar refractivity (Wildman–Crippen MR) is 49.6 cm³/mol. The van der Waals surface area contributed by atoms with Crippen molar-refractivity contribution >= 4 is 17.7 Å². The van der Waals surface area contributed by atoms with Crippen LogP contribution in [-0.2, 0) is 23.9 Å². The second kappa shape index (κ2) is 3.64. The van der Waals surface area contributed by atoms with Crippen LogP contribution in [0.2, 0.25) is 0 Å². The Hall–Kier alpha value is -1.39. The molecular formula is C10H14O5. The second-order valence-electron chi connectivity index (χ2n) is 3.93. The van der Waals surface area contributed by atoms with Crippen molar-refractivity contribution in [3.63, 3.8) is 0 Å². The Labute approximate surface area is 87.7 Å². The lowest BCUT2D eigenvalue weighted by molar-refractivity contribution is -0.179. The highest BCUT2D eigenvalue weighted by Crippen LogP contribution is 2.40. The molecule has 0 aromatic carbocycles. The fourth-order valence-electron chi connectivity index (χ4n) is 1.54. The van der Waals surface area contributed by atoms with Gasteiger partial charge < -0.3 is 9.47 Å². The van der Waals surface area contributed by atoms with E-state index in [4.69, 9.17) is 9.47 Å².